The van der Waals surface area contributed by atoms with Gasteiger partial charge in [0.05, 0.1) is 5.69 Å². The normalized spacial score (nSPS) is 16.5. The third kappa shape index (κ3) is 5.57. The van der Waals surface area contributed by atoms with Crippen LogP contribution >= 0.6 is 11.8 Å². The lowest BCUT2D eigenvalue weighted by Crippen LogP contribution is -2.07. The van der Waals surface area contributed by atoms with Gasteiger partial charge in [0.25, 0.3) is 0 Å². The average Bonchev–Trinajstić information content (AvgIpc) is 2.65. The summed E-state index contributed by atoms with van der Waals surface area (Å²) in [7, 11) is 0. The minimum absolute atomic E-state index is 0.187. The van der Waals surface area contributed by atoms with E-state index in [4.69, 9.17) is 0 Å². The van der Waals surface area contributed by atoms with E-state index in [-0.39, 0.29) is 5.82 Å². The quantitative estimate of drug-likeness (QED) is 0.413. The first-order valence-electron chi connectivity index (χ1n) is 8.95. The lowest BCUT2D eigenvalue weighted by atomic mass is 9.89. The maximum absolute atomic E-state index is 13.2. The highest BCUT2D eigenvalue weighted by Gasteiger charge is 2.18. The number of allylic oxidation sites excluding steroid dienone is 2. The zero-order valence-corrected chi connectivity index (χ0v) is 15.4. The lowest BCUT2D eigenvalue weighted by Gasteiger charge is -2.24. The van der Waals surface area contributed by atoms with E-state index < -0.39 is 0 Å². The molecule has 0 amide bonds. The third-order valence-electron chi connectivity index (χ3n) is 4.55. The molecule has 0 heterocycles. The molecule has 0 saturated heterocycles. The Hall–Kier alpha value is -1.87. The number of rotatable bonds is 5. The summed E-state index contributed by atoms with van der Waals surface area (Å²) in [6, 6.07) is 15.0. The second-order valence-corrected chi connectivity index (χ2v) is 7.72. The number of aryl methyl sites for hydroxylation is 1. The fourth-order valence-electron chi connectivity index (χ4n) is 3.11. The maximum Gasteiger partial charge on any atom is 0.123 e. The standard InChI is InChI=1S/C22H24FNS/c1-17-7-11-20(12-8-17)24-16-15-22(18-5-3-2-4-6-18)25-21-13-9-19(23)10-14-21/h7-16,18H,2-6H2,1H3. The molecule has 0 aliphatic heterocycles. The molecule has 1 fully saturated rings. The van der Waals surface area contributed by atoms with Crippen LogP contribution < -0.4 is 0 Å². The van der Waals surface area contributed by atoms with Gasteiger partial charge in [0.15, 0.2) is 0 Å². The van der Waals surface area contributed by atoms with Crippen molar-refractivity contribution in [3.8, 4) is 0 Å². The van der Waals surface area contributed by atoms with Gasteiger partial charge >= 0.3 is 0 Å². The van der Waals surface area contributed by atoms with Crippen LogP contribution in [0.15, 0.2) is 69.4 Å². The van der Waals surface area contributed by atoms with E-state index in [0.717, 1.165) is 10.6 Å². The van der Waals surface area contributed by atoms with Crippen LogP contribution in [0.4, 0.5) is 10.1 Å². The van der Waals surface area contributed by atoms with Crippen molar-refractivity contribution < 1.29 is 4.39 Å². The van der Waals surface area contributed by atoms with Crippen LogP contribution in [0.1, 0.15) is 37.7 Å². The predicted octanol–water partition coefficient (Wildman–Crippen LogP) is 7.09. The van der Waals surface area contributed by atoms with Crippen LogP contribution in [0, 0.1) is 18.7 Å². The molecule has 0 N–H and O–H groups in total. The molecule has 1 nitrogen and oxygen atoms in total. The van der Waals surface area contributed by atoms with Crippen molar-refractivity contribution in [1.82, 2.24) is 0 Å². The minimum Gasteiger partial charge on any atom is -0.257 e. The summed E-state index contributed by atoms with van der Waals surface area (Å²) in [5.41, 5.74) is 2.21. The Balaban J connectivity index is 1.76. The molecule has 1 saturated carbocycles. The van der Waals surface area contributed by atoms with E-state index in [9.17, 15) is 4.39 Å². The Morgan fingerprint density at radius 2 is 1.68 bits per heavy atom. The van der Waals surface area contributed by atoms with Gasteiger partial charge < -0.3 is 0 Å². The maximum atomic E-state index is 13.2. The molecule has 3 heteroatoms. The number of nitrogens with zero attached hydrogens (tertiary/aromatic N) is 1. The van der Waals surface area contributed by atoms with Crippen LogP contribution in [-0.2, 0) is 0 Å². The monoisotopic (exact) mass is 353 g/mol. The molecule has 0 atom stereocenters. The first-order chi connectivity index (χ1) is 12.2. The molecule has 25 heavy (non-hydrogen) atoms. The molecular weight excluding hydrogens is 329 g/mol. The Morgan fingerprint density at radius 3 is 2.36 bits per heavy atom. The van der Waals surface area contributed by atoms with E-state index in [0.29, 0.717) is 5.92 Å². The molecule has 2 aromatic carbocycles. The van der Waals surface area contributed by atoms with Gasteiger partial charge in [-0.2, -0.15) is 0 Å². The number of hydrogen-bond acceptors (Lipinski definition) is 2. The van der Waals surface area contributed by atoms with E-state index in [2.05, 4.69) is 30.1 Å². The number of aliphatic imine (C=N–C) groups is 1. The summed E-state index contributed by atoms with van der Waals surface area (Å²) in [6.07, 6.45) is 10.4. The van der Waals surface area contributed by atoms with Crippen molar-refractivity contribution in [2.75, 3.05) is 0 Å². The fraction of sp³-hybridized carbons (Fsp3) is 0.318. The summed E-state index contributed by atoms with van der Waals surface area (Å²) in [5.74, 6) is 0.404. The van der Waals surface area contributed by atoms with Crippen molar-refractivity contribution in [1.29, 1.82) is 0 Å². The summed E-state index contributed by atoms with van der Waals surface area (Å²) in [6.45, 7) is 2.08. The van der Waals surface area contributed by atoms with E-state index in [1.807, 2.05) is 30.5 Å². The molecular formula is C22H24FNS. The van der Waals surface area contributed by atoms with Crippen molar-refractivity contribution >= 4 is 23.7 Å². The first-order valence-corrected chi connectivity index (χ1v) is 9.77. The SMILES string of the molecule is Cc1ccc(N=CC=C(Sc2ccc(F)cc2)C2CCCCC2)cc1. The molecule has 0 bridgehead atoms. The highest BCUT2D eigenvalue weighted by molar-refractivity contribution is 8.03. The number of benzene rings is 2. The average molecular weight is 354 g/mol. The number of halogens is 1. The summed E-state index contributed by atoms with van der Waals surface area (Å²) in [4.78, 5) is 6.98. The van der Waals surface area contributed by atoms with Crippen molar-refractivity contribution in [3.63, 3.8) is 0 Å². The molecule has 0 spiro atoms. The van der Waals surface area contributed by atoms with E-state index in [1.54, 1.807) is 11.8 Å². The minimum atomic E-state index is -0.187. The Labute approximate surface area is 154 Å². The largest absolute Gasteiger partial charge is 0.257 e. The van der Waals surface area contributed by atoms with Crippen LogP contribution in [0.25, 0.3) is 0 Å². The van der Waals surface area contributed by atoms with Gasteiger partial charge in [0, 0.05) is 11.1 Å². The Kier molecular flexibility index (Phi) is 6.46. The van der Waals surface area contributed by atoms with E-state index >= 15 is 0 Å². The zero-order valence-electron chi connectivity index (χ0n) is 14.6. The summed E-state index contributed by atoms with van der Waals surface area (Å²) < 4.78 is 13.2. The van der Waals surface area contributed by atoms with Gasteiger partial charge in [0.1, 0.15) is 5.82 Å². The van der Waals surface area contributed by atoms with Crippen molar-refractivity contribution in [2.45, 2.75) is 43.9 Å². The topological polar surface area (TPSA) is 12.4 Å². The molecule has 3 rings (SSSR count). The summed E-state index contributed by atoms with van der Waals surface area (Å²) in [5, 5.41) is 0. The molecule has 2 aromatic rings. The highest BCUT2D eigenvalue weighted by Crippen LogP contribution is 2.39. The molecule has 1 aliphatic rings. The number of thioether (sulfide) groups is 1. The summed E-state index contributed by atoms with van der Waals surface area (Å²) >= 11 is 1.74. The fourth-order valence-corrected chi connectivity index (χ4v) is 4.18. The lowest BCUT2D eigenvalue weighted by molar-refractivity contribution is 0.415. The smallest absolute Gasteiger partial charge is 0.123 e. The van der Waals surface area contributed by atoms with Gasteiger partial charge in [-0.1, -0.05) is 48.7 Å². The molecule has 0 unspecified atom stereocenters. The first kappa shape index (κ1) is 17.9. The van der Waals surface area contributed by atoms with Gasteiger partial charge in [-0.15, -0.1) is 0 Å². The Bertz CT molecular complexity index is 726. The second kappa shape index (κ2) is 9.00. The van der Waals surface area contributed by atoms with Crippen LogP contribution in [0.3, 0.4) is 0 Å². The predicted molar refractivity (Wildman–Crippen MR) is 106 cm³/mol. The van der Waals surface area contributed by atoms with Crippen LogP contribution in [0.5, 0.6) is 0 Å². The van der Waals surface area contributed by atoms with Gasteiger partial charge in [-0.3, -0.25) is 4.99 Å². The highest BCUT2D eigenvalue weighted by atomic mass is 32.2. The van der Waals surface area contributed by atoms with E-state index in [1.165, 1.54) is 54.7 Å². The van der Waals surface area contributed by atoms with Crippen LogP contribution in [0.2, 0.25) is 0 Å². The van der Waals surface area contributed by atoms with Crippen molar-refractivity contribution in [2.24, 2.45) is 10.9 Å². The Morgan fingerprint density at radius 1 is 1.00 bits per heavy atom. The third-order valence-corrected chi connectivity index (χ3v) is 5.77. The second-order valence-electron chi connectivity index (χ2n) is 6.57. The zero-order chi connectivity index (χ0) is 17.5. The van der Waals surface area contributed by atoms with Crippen molar-refractivity contribution in [3.05, 3.63) is 70.9 Å². The molecule has 0 aromatic heterocycles. The molecule has 130 valence electrons. The van der Waals surface area contributed by atoms with Gasteiger partial charge in [0.2, 0.25) is 0 Å². The number of hydrogen-bond donors (Lipinski definition) is 0. The van der Waals surface area contributed by atoms with Gasteiger partial charge in [-0.25, -0.2) is 4.39 Å². The van der Waals surface area contributed by atoms with Crippen LogP contribution in [-0.4, -0.2) is 6.21 Å². The van der Waals surface area contributed by atoms with Gasteiger partial charge in [-0.05, 0) is 73.1 Å². The molecule has 1 aliphatic carbocycles. The molecule has 0 radical (unpaired) electrons.